The molecule has 6 heteroatoms. The van der Waals surface area contributed by atoms with E-state index in [0.29, 0.717) is 5.92 Å². The molecule has 1 rings (SSSR count). The predicted octanol–water partition coefficient (Wildman–Crippen LogP) is 1.09. The second-order valence-corrected chi connectivity index (χ2v) is 7.06. The molecule has 2 N–H and O–H groups in total. The SMILES string of the molecule is CCC(C)c1ccc(OP(=O)(O)O)c(C(C)(C)C)c1.[H-].[Na+]. The first-order valence-electron chi connectivity index (χ1n) is 6.44. The predicted molar refractivity (Wildman–Crippen MR) is 77.6 cm³/mol. The second-order valence-electron chi connectivity index (χ2n) is 5.90. The Balaban J connectivity index is 0. The summed E-state index contributed by atoms with van der Waals surface area (Å²) in [4.78, 5) is 17.9. The third-order valence-corrected chi connectivity index (χ3v) is 3.64. The van der Waals surface area contributed by atoms with E-state index in [1.165, 1.54) is 0 Å². The number of phosphoric acid groups is 1. The molecule has 0 bridgehead atoms. The molecule has 20 heavy (non-hydrogen) atoms. The van der Waals surface area contributed by atoms with Crippen molar-refractivity contribution in [1.82, 2.24) is 0 Å². The number of hydrogen-bond acceptors (Lipinski definition) is 2. The van der Waals surface area contributed by atoms with Gasteiger partial charge in [0.05, 0.1) is 0 Å². The molecule has 0 heterocycles. The third-order valence-electron chi connectivity index (χ3n) is 3.21. The number of hydrogen-bond donors (Lipinski definition) is 2. The van der Waals surface area contributed by atoms with Crippen LogP contribution in [-0.4, -0.2) is 9.79 Å². The molecule has 0 amide bonds. The van der Waals surface area contributed by atoms with Gasteiger partial charge >= 0.3 is 37.4 Å². The van der Waals surface area contributed by atoms with E-state index in [4.69, 9.17) is 14.3 Å². The number of rotatable bonds is 4. The molecule has 0 aliphatic carbocycles. The summed E-state index contributed by atoms with van der Waals surface area (Å²) in [5.74, 6) is 0.665. The normalized spacial score (nSPS) is 13.6. The van der Waals surface area contributed by atoms with E-state index in [0.717, 1.165) is 17.5 Å². The van der Waals surface area contributed by atoms with Crippen LogP contribution < -0.4 is 34.1 Å². The summed E-state index contributed by atoms with van der Waals surface area (Å²) in [7, 11) is -4.53. The van der Waals surface area contributed by atoms with Gasteiger partial charge in [-0.3, -0.25) is 9.79 Å². The summed E-state index contributed by atoms with van der Waals surface area (Å²) >= 11 is 0. The minimum Gasteiger partial charge on any atom is -1.00 e. The molecule has 1 aromatic carbocycles. The molecule has 1 atom stereocenters. The monoisotopic (exact) mass is 310 g/mol. The first-order chi connectivity index (χ1) is 8.54. The Kier molecular flexibility index (Phi) is 7.50. The van der Waals surface area contributed by atoms with Crippen molar-refractivity contribution < 1.29 is 49.9 Å². The third kappa shape index (κ3) is 5.88. The van der Waals surface area contributed by atoms with E-state index in [-0.39, 0.29) is 42.1 Å². The van der Waals surface area contributed by atoms with Crippen LogP contribution in [0.3, 0.4) is 0 Å². The van der Waals surface area contributed by atoms with E-state index >= 15 is 0 Å². The van der Waals surface area contributed by atoms with Crippen molar-refractivity contribution in [3.63, 3.8) is 0 Å². The molecule has 0 aromatic heterocycles. The Morgan fingerprint density at radius 3 is 2.30 bits per heavy atom. The summed E-state index contributed by atoms with van der Waals surface area (Å²) in [6.07, 6.45) is 1.02. The molecule has 110 valence electrons. The van der Waals surface area contributed by atoms with Gasteiger partial charge in [0.15, 0.2) is 0 Å². The van der Waals surface area contributed by atoms with Crippen LogP contribution in [0.1, 0.15) is 59.5 Å². The van der Waals surface area contributed by atoms with Gasteiger partial charge in [0.25, 0.3) is 0 Å². The van der Waals surface area contributed by atoms with Crippen LogP contribution in [0.5, 0.6) is 5.75 Å². The van der Waals surface area contributed by atoms with E-state index < -0.39 is 7.82 Å². The molecular formula is C14H24NaO4P. The van der Waals surface area contributed by atoms with Gasteiger partial charge in [0.2, 0.25) is 0 Å². The van der Waals surface area contributed by atoms with Gasteiger partial charge in [-0.25, -0.2) is 4.57 Å². The van der Waals surface area contributed by atoms with Crippen molar-refractivity contribution in [2.75, 3.05) is 0 Å². The Bertz CT molecular complexity index is 496. The van der Waals surface area contributed by atoms with Crippen LogP contribution in [0.15, 0.2) is 18.2 Å². The van der Waals surface area contributed by atoms with Crippen LogP contribution >= 0.6 is 7.82 Å². The van der Waals surface area contributed by atoms with Crippen LogP contribution in [0, 0.1) is 0 Å². The minimum atomic E-state index is -4.53. The average Bonchev–Trinajstić information content (AvgIpc) is 2.25. The smallest absolute Gasteiger partial charge is 1.00 e. The molecule has 4 nitrogen and oxygen atoms in total. The molecule has 0 fully saturated rings. The average molecular weight is 310 g/mol. The van der Waals surface area contributed by atoms with Crippen LogP contribution in [0.25, 0.3) is 0 Å². The summed E-state index contributed by atoms with van der Waals surface area (Å²) in [5.41, 5.74) is 1.73. The fourth-order valence-electron chi connectivity index (χ4n) is 1.88. The first kappa shape index (κ1) is 20.2. The molecule has 0 saturated heterocycles. The van der Waals surface area contributed by atoms with Gasteiger partial charge in [-0.1, -0.05) is 46.8 Å². The Labute approximate surface area is 145 Å². The van der Waals surface area contributed by atoms with E-state index in [1.807, 2.05) is 32.9 Å². The van der Waals surface area contributed by atoms with Crippen LogP contribution in [0.2, 0.25) is 0 Å². The fraction of sp³-hybridized carbons (Fsp3) is 0.571. The van der Waals surface area contributed by atoms with Crippen molar-refractivity contribution in [1.29, 1.82) is 0 Å². The Morgan fingerprint density at radius 1 is 1.35 bits per heavy atom. The number of phosphoric ester groups is 1. The maximum Gasteiger partial charge on any atom is 1.00 e. The van der Waals surface area contributed by atoms with Gasteiger partial charge in [0.1, 0.15) is 5.75 Å². The first-order valence-corrected chi connectivity index (χ1v) is 7.97. The summed E-state index contributed by atoms with van der Waals surface area (Å²) < 4.78 is 15.8. The second kappa shape index (κ2) is 7.44. The van der Waals surface area contributed by atoms with Crippen molar-refractivity contribution in [3.05, 3.63) is 29.3 Å². The molecule has 1 unspecified atom stereocenters. The topological polar surface area (TPSA) is 66.8 Å². The van der Waals surface area contributed by atoms with Crippen molar-refractivity contribution in [3.8, 4) is 5.75 Å². The summed E-state index contributed by atoms with van der Waals surface area (Å²) in [5, 5.41) is 0. The zero-order valence-corrected chi connectivity index (χ0v) is 16.1. The largest absolute Gasteiger partial charge is 1.00 e. The quantitative estimate of drug-likeness (QED) is 0.645. The summed E-state index contributed by atoms with van der Waals surface area (Å²) in [6.45, 7) is 10.2. The van der Waals surface area contributed by atoms with Crippen LogP contribution in [0.4, 0.5) is 0 Å². The summed E-state index contributed by atoms with van der Waals surface area (Å²) in [6, 6.07) is 5.51. The molecule has 0 saturated carbocycles. The molecule has 0 radical (unpaired) electrons. The van der Waals surface area contributed by atoms with Crippen molar-refractivity contribution >= 4 is 7.82 Å². The van der Waals surface area contributed by atoms with Gasteiger partial charge in [0, 0.05) is 5.56 Å². The van der Waals surface area contributed by atoms with Gasteiger partial charge in [-0.05, 0) is 29.4 Å². The van der Waals surface area contributed by atoms with Gasteiger partial charge < -0.3 is 5.95 Å². The molecule has 0 spiro atoms. The van der Waals surface area contributed by atoms with Crippen LogP contribution in [-0.2, 0) is 9.98 Å². The maximum atomic E-state index is 11.0. The molecule has 0 aliphatic rings. The van der Waals surface area contributed by atoms with Gasteiger partial charge in [-0.15, -0.1) is 0 Å². The minimum absolute atomic E-state index is 0. The Morgan fingerprint density at radius 2 is 1.90 bits per heavy atom. The number of benzene rings is 1. The fourth-order valence-corrected chi connectivity index (χ4v) is 2.30. The standard InChI is InChI=1S/C14H23O4P.Na.H/c1-6-10(2)11-7-8-13(18-19(15,16)17)12(9-11)14(3,4)5;;/h7-10H,6H2,1-5H3,(H2,15,16,17);;/q;+1;-1. The zero-order valence-electron chi connectivity index (χ0n) is 14.2. The Hall–Kier alpha value is 0.170. The van der Waals surface area contributed by atoms with E-state index in [2.05, 4.69) is 13.8 Å². The molecule has 1 aromatic rings. The van der Waals surface area contributed by atoms with Gasteiger partial charge in [-0.2, -0.15) is 0 Å². The van der Waals surface area contributed by atoms with E-state index in [1.54, 1.807) is 6.07 Å². The molecule has 0 aliphatic heterocycles. The maximum absolute atomic E-state index is 11.0. The van der Waals surface area contributed by atoms with Crippen molar-refractivity contribution in [2.24, 2.45) is 0 Å². The van der Waals surface area contributed by atoms with Crippen molar-refractivity contribution in [2.45, 2.75) is 52.4 Å². The molecular weight excluding hydrogens is 286 g/mol. The van der Waals surface area contributed by atoms with E-state index in [9.17, 15) is 4.57 Å². The zero-order chi connectivity index (χ0) is 14.8.